The molecular weight excluding hydrogens is 318 g/mol. The number of benzene rings is 2. The second kappa shape index (κ2) is 6.49. The molecule has 0 fully saturated rings. The first kappa shape index (κ1) is 16.9. The molecule has 2 aromatic carbocycles. The van der Waals surface area contributed by atoms with Gasteiger partial charge in [0.1, 0.15) is 28.6 Å². The van der Waals surface area contributed by atoms with Crippen LogP contribution in [0.3, 0.4) is 0 Å². The number of carbonyl (C=O) groups is 1. The Kier molecular flexibility index (Phi) is 4.37. The Labute approximate surface area is 145 Å². The molecule has 0 radical (unpaired) electrons. The Balaban J connectivity index is 2.01. The fourth-order valence-electron chi connectivity index (χ4n) is 2.67. The van der Waals surface area contributed by atoms with Gasteiger partial charge in [-0.25, -0.2) is 0 Å². The van der Waals surface area contributed by atoms with Gasteiger partial charge in [-0.15, -0.1) is 15.0 Å². The second-order valence-corrected chi connectivity index (χ2v) is 6.12. The molecule has 1 heterocycles. The molecule has 2 N–H and O–H groups in total. The van der Waals surface area contributed by atoms with Crippen LogP contribution in [0, 0.1) is 6.92 Å². The van der Waals surface area contributed by atoms with Crippen LogP contribution < -0.4 is 0 Å². The number of aryl methyl sites for hydroxylation is 1. The Morgan fingerprint density at radius 3 is 2.40 bits per heavy atom. The Morgan fingerprint density at radius 1 is 1.24 bits per heavy atom. The normalized spacial score (nSPS) is 12.3. The average Bonchev–Trinajstić information content (AvgIpc) is 3.00. The molecule has 1 atom stereocenters. The summed E-state index contributed by atoms with van der Waals surface area (Å²) < 4.78 is 0. The van der Waals surface area contributed by atoms with Gasteiger partial charge in [0.05, 0.1) is 0 Å². The lowest BCUT2D eigenvalue weighted by Crippen LogP contribution is -2.23. The van der Waals surface area contributed by atoms with Gasteiger partial charge in [-0.3, -0.25) is 4.79 Å². The molecule has 0 aliphatic rings. The number of carbonyl (C=O) groups excluding carboxylic acids is 1. The lowest BCUT2D eigenvalue weighted by molar-refractivity contribution is -0.123. The van der Waals surface area contributed by atoms with Crippen molar-refractivity contribution in [1.29, 1.82) is 0 Å². The summed E-state index contributed by atoms with van der Waals surface area (Å²) in [7, 11) is 0. The Morgan fingerprint density at radius 2 is 1.84 bits per heavy atom. The topological polar surface area (TPSA) is 88.2 Å². The van der Waals surface area contributed by atoms with Crippen molar-refractivity contribution in [2.45, 2.75) is 26.4 Å². The minimum Gasteiger partial charge on any atom is -0.505 e. The van der Waals surface area contributed by atoms with E-state index in [0.29, 0.717) is 33.4 Å². The fraction of sp³-hybridized carbons (Fsp3) is 0.211. The highest BCUT2D eigenvalue weighted by Gasteiger charge is 2.19. The van der Waals surface area contributed by atoms with Gasteiger partial charge in [-0.05, 0) is 48.7 Å². The molecule has 25 heavy (non-hydrogen) atoms. The number of hydrogen-bond acceptors (Lipinski definition) is 5. The number of nitrogens with zero attached hydrogens (tertiary/aromatic N) is 3. The van der Waals surface area contributed by atoms with Gasteiger partial charge in [0.25, 0.3) is 0 Å². The monoisotopic (exact) mass is 337 g/mol. The van der Waals surface area contributed by atoms with Gasteiger partial charge in [-0.1, -0.05) is 24.8 Å². The van der Waals surface area contributed by atoms with Crippen molar-refractivity contribution >= 4 is 16.8 Å². The van der Waals surface area contributed by atoms with E-state index in [1.54, 1.807) is 26.0 Å². The van der Waals surface area contributed by atoms with E-state index in [9.17, 15) is 15.0 Å². The molecule has 1 unspecified atom stereocenters. The maximum Gasteiger partial charge on any atom is 0.186 e. The van der Waals surface area contributed by atoms with Crippen molar-refractivity contribution in [3.8, 4) is 11.4 Å². The molecule has 0 aliphatic heterocycles. The zero-order chi connectivity index (χ0) is 18.1. The summed E-state index contributed by atoms with van der Waals surface area (Å²) in [6, 6.07) is 10.8. The number of aliphatic hydroxyl groups excluding tert-OH is 1. The average molecular weight is 337 g/mol. The van der Waals surface area contributed by atoms with E-state index in [0.717, 1.165) is 0 Å². The van der Waals surface area contributed by atoms with Crippen LogP contribution in [0.25, 0.3) is 16.7 Å². The number of phenolic OH excluding ortho intramolecular Hbond substituents is 1. The largest absolute Gasteiger partial charge is 0.505 e. The van der Waals surface area contributed by atoms with Crippen LogP contribution in [0.15, 0.2) is 48.6 Å². The molecule has 0 bridgehead atoms. The summed E-state index contributed by atoms with van der Waals surface area (Å²) in [5.74, 6) is -0.333. The third-order valence-corrected chi connectivity index (χ3v) is 3.99. The summed E-state index contributed by atoms with van der Waals surface area (Å²) >= 11 is 0. The minimum atomic E-state index is -1.17. The molecule has 3 aromatic rings. The molecule has 0 amide bonds. The van der Waals surface area contributed by atoms with Crippen LogP contribution in [-0.4, -0.2) is 37.1 Å². The van der Waals surface area contributed by atoms with E-state index in [2.05, 4.69) is 16.8 Å². The third kappa shape index (κ3) is 3.29. The fourth-order valence-corrected chi connectivity index (χ4v) is 2.67. The van der Waals surface area contributed by atoms with E-state index in [4.69, 9.17) is 0 Å². The standard InChI is InChI=1S/C19H19N3O3/c1-11(2)18(24)17(23)10-13-8-12(3)19(25)16(9-13)22-20-14-6-4-5-7-15(14)21-22/h4-9,17,23,25H,1,10H2,2-3H3. The van der Waals surface area contributed by atoms with Crippen LogP contribution in [0.2, 0.25) is 0 Å². The molecule has 3 rings (SSSR count). The molecular formula is C19H19N3O3. The first-order chi connectivity index (χ1) is 11.9. The van der Waals surface area contributed by atoms with Crippen molar-refractivity contribution in [1.82, 2.24) is 15.0 Å². The van der Waals surface area contributed by atoms with Crippen LogP contribution in [0.1, 0.15) is 18.1 Å². The van der Waals surface area contributed by atoms with Crippen molar-refractivity contribution in [2.75, 3.05) is 0 Å². The number of aromatic hydroxyl groups is 1. The first-order valence-corrected chi connectivity index (χ1v) is 7.89. The third-order valence-electron chi connectivity index (χ3n) is 3.99. The number of ketones is 1. The molecule has 0 aliphatic carbocycles. The number of hydrogen-bond donors (Lipinski definition) is 2. The van der Waals surface area contributed by atoms with Crippen molar-refractivity contribution in [3.63, 3.8) is 0 Å². The molecule has 0 saturated heterocycles. The number of rotatable bonds is 5. The van der Waals surface area contributed by atoms with Gasteiger partial charge in [0.15, 0.2) is 5.78 Å². The maximum atomic E-state index is 11.8. The smallest absolute Gasteiger partial charge is 0.186 e. The summed E-state index contributed by atoms with van der Waals surface area (Å²) in [5, 5.41) is 29.2. The van der Waals surface area contributed by atoms with Crippen molar-refractivity contribution < 1.29 is 15.0 Å². The zero-order valence-electron chi connectivity index (χ0n) is 14.1. The molecule has 128 valence electrons. The van der Waals surface area contributed by atoms with Crippen LogP contribution in [0.4, 0.5) is 0 Å². The van der Waals surface area contributed by atoms with Crippen LogP contribution >= 0.6 is 0 Å². The van der Waals surface area contributed by atoms with Gasteiger partial charge in [-0.2, -0.15) is 0 Å². The van der Waals surface area contributed by atoms with E-state index in [-0.39, 0.29) is 12.2 Å². The zero-order valence-corrected chi connectivity index (χ0v) is 14.1. The molecule has 6 heteroatoms. The van der Waals surface area contributed by atoms with Crippen LogP contribution in [-0.2, 0) is 11.2 Å². The highest BCUT2D eigenvalue weighted by atomic mass is 16.3. The molecule has 0 saturated carbocycles. The number of fused-ring (bicyclic) bond motifs is 1. The van der Waals surface area contributed by atoms with Gasteiger partial charge in [0, 0.05) is 6.42 Å². The summed E-state index contributed by atoms with van der Waals surface area (Å²) in [6.45, 7) is 6.88. The predicted octanol–water partition coefficient (Wildman–Crippen LogP) is 2.48. The molecule has 1 aromatic heterocycles. The minimum absolute atomic E-state index is 0.0600. The predicted molar refractivity (Wildman–Crippen MR) is 94.8 cm³/mol. The van der Waals surface area contributed by atoms with E-state index >= 15 is 0 Å². The first-order valence-electron chi connectivity index (χ1n) is 7.89. The van der Waals surface area contributed by atoms with Gasteiger partial charge in [0.2, 0.25) is 0 Å². The lowest BCUT2D eigenvalue weighted by Gasteiger charge is -2.13. The summed E-state index contributed by atoms with van der Waals surface area (Å²) in [6.07, 6.45) is -1.04. The summed E-state index contributed by atoms with van der Waals surface area (Å²) in [5.41, 5.74) is 3.45. The van der Waals surface area contributed by atoms with Crippen LogP contribution in [0.5, 0.6) is 5.75 Å². The quantitative estimate of drug-likeness (QED) is 0.698. The Bertz CT molecular complexity index is 942. The molecule has 0 spiro atoms. The Hall–Kier alpha value is -2.99. The molecule has 6 nitrogen and oxygen atoms in total. The number of aliphatic hydroxyl groups is 1. The van der Waals surface area contributed by atoms with E-state index in [1.807, 2.05) is 24.3 Å². The second-order valence-electron chi connectivity index (χ2n) is 6.12. The number of aromatic nitrogens is 3. The lowest BCUT2D eigenvalue weighted by atomic mass is 9.99. The van der Waals surface area contributed by atoms with Gasteiger partial charge >= 0.3 is 0 Å². The van der Waals surface area contributed by atoms with E-state index in [1.165, 1.54) is 4.80 Å². The number of phenols is 1. The van der Waals surface area contributed by atoms with Gasteiger partial charge < -0.3 is 10.2 Å². The number of Topliss-reactive ketones (excluding diaryl/α,β-unsaturated/α-hetero) is 1. The summed E-state index contributed by atoms with van der Waals surface area (Å²) in [4.78, 5) is 13.2. The maximum absolute atomic E-state index is 11.8. The highest BCUT2D eigenvalue weighted by Crippen LogP contribution is 2.28. The van der Waals surface area contributed by atoms with E-state index < -0.39 is 11.9 Å². The highest BCUT2D eigenvalue weighted by molar-refractivity contribution is 5.97. The van der Waals surface area contributed by atoms with Crippen molar-refractivity contribution in [2.24, 2.45) is 0 Å². The van der Waals surface area contributed by atoms with Crippen molar-refractivity contribution in [3.05, 3.63) is 59.7 Å². The SMILES string of the molecule is C=C(C)C(=O)C(O)Cc1cc(C)c(O)c(-n2nc3ccccc3n2)c1.